The molecule has 0 radical (unpaired) electrons. The fraction of sp³-hybridized carbons (Fsp3) is 0. The zero-order valence-electron chi connectivity index (χ0n) is 7.00. The summed E-state index contributed by atoms with van der Waals surface area (Å²) in [6.07, 6.45) is 0. The Morgan fingerprint density at radius 3 is 1.86 bits per heavy atom. The largest absolute Gasteiger partial charge is 1.00 e. The van der Waals surface area contributed by atoms with Gasteiger partial charge in [-0.25, -0.2) is 0 Å². The van der Waals surface area contributed by atoms with Crippen LogP contribution in [0.5, 0.6) is 0 Å². The summed E-state index contributed by atoms with van der Waals surface area (Å²) in [5.74, 6) is 0. The molecular formula is C6H2BCl3F3K. The van der Waals surface area contributed by atoms with E-state index in [1.807, 2.05) is 0 Å². The molecule has 1 rings (SSSR count). The van der Waals surface area contributed by atoms with Crippen LogP contribution in [0.2, 0.25) is 15.1 Å². The number of halogens is 6. The van der Waals surface area contributed by atoms with Gasteiger partial charge in [0.25, 0.3) is 0 Å². The normalized spacial score (nSPS) is 11.0. The number of hydrogen-bond acceptors (Lipinski definition) is 0. The van der Waals surface area contributed by atoms with Gasteiger partial charge < -0.3 is 12.9 Å². The SMILES string of the molecule is F[B-](F)(F)c1ccc(Cl)c(Cl)c1Cl.[K+]. The maximum atomic E-state index is 12.2. The molecule has 14 heavy (non-hydrogen) atoms. The zero-order chi connectivity index (χ0) is 10.2. The summed E-state index contributed by atoms with van der Waals surface area (Å²) < 4.78 is 36.7. The molecular weight excluding hydrogens is 285 g/mol. The summed E-state index contributed by atoms with van der Waals surface area (Å²) in [7, 11) is 0. The third-order valence-electron chi connectivity index (χ3n) is 1.42. The Kier molecular flexibility index (Phi) is 6.43. The maximum Gasteiger partial charge on any atom is 1.00 e. The topological polar surface area (TPSA) is 0 Å². The van der Waals surface area contributed by atoms with E-state index in [2.05, 4.69) is 0 Å². The molecule has 0 fully saturated rings. The monoisotopic (exact) mass is 286 g/mol. The van der Waals surface area contributed by atoms with Crippen molar-refractivity contribution < 1.29 is 64.3 Å². The molecule has 1 aromatic carbocycles. The van der Waals surface area contributed by atoms with Crippen molar-refractivity contribution in [1.29, 1.82) is 0 Å². The summed E-state index contributed by atoms with van der Waals surface area (Å²) in [6, 6.07) is 1.89. The van der Waals surface area contributed by atoms with Gasteiger partial charge in [-0.15, -0.1) is 0 Å². The summed E-state index contributed by atoms with van der Waals surface area (Å²) >= 11 is 16.3. The van der Waals surface area contributed by atoms with Gasteiger partial charge in [-0.2, -0.15) is 0 Å². The van der Waals surface area contributed by atoms with Gasteiger partial charge in [0.1, 0.15) is 0 Å². The van der Waals surface area contributed by atoms with E-state index in [9.17, 15) is 12.9 Å². The number of rotatable bonds is 1. The fourth-order valence-electron chi connectivity index (χ4n) is 0.794. The van der Waals surface area contributed by atoms with Crippen molar-refractivity contribution in [2.24, 2.45) is 0 Å². The molecule has 0 aromatic heterocycles. The van der Waals surface area contributed by atoms with Crippen LogP contribution in [0, 0.1) is 0 Å². The summed E-state index contributed by atoms with van der Waals surface area (Å²) in [5, 5.41) is -0.794. The van der Waals surface area contributed by atoms with E-state index in [1.54, 1.807) is 0 Å². The van der Waals surface area contributed by atoms with E-state index < -0.39 is 17.5 Å². The maximum absolute atomic E-state index is 12.2. The Morgan fingerprint density at radius 1 is 0.929 bits per heavy atom. The molecule has 0 unspecified atom stereocenters. The van der Waals surface area contributed by atoms with Crippen molar-refractivity contribution in [3.63, 3.8) is 0 Å². The molecule has 0 aliphatic heterocycles. The Bertz CT molecular complexity index is 342. The second-order valence-electron chi connectivity index (χ2n) is 2.34. The minimum Gasteiger partial charge on any atom is -0.445 e. The second kappa shape index (κ2) is 5.77. The first-order chi connectivity index (χ1) is 5.84. The van der Waals surface area contributed by atoms with Crippen LogP contribution in [0.4, 0.5) is 12.9 Å². The molecule has 0 saturated heterocycles. The molecule has 8 heteroatoms. The molecule has 0 atom stereocenters. The van der Waals surface area contributed by atoms with Crippen LogP contribution in [0.3, 0.4) is 0 Å². The summed E-state index contributed by atoms with van der Waals surface area (Å²) in [6.45, 7) is -5.14. The van der Waals surface area contributed by atoms with Crippen molar-refractivity contribution in [1.82, 2.24) is 0 Å². The predicted molar refractivity (Wildman–Crippen MR) is 50.2 cm³/mol. The average molecular weight is 287 g/mol. The Balaban J connectivity index is 0.00000169. The molecule has 0 spiro atoms. The van der Waals surface area contributed by atoms with E-state index in [-0.39, 0.29) is 61.4 Å². The van der Waals surface area contributed by atoms with E-state index in [0.717, 1.165) is 12.1 Å². The second-order valence-corrected chi connectivity index (χ2v) is 3.50. The fourth-order valence-corrected chi connectivity index (χ4v) is 1.46. The molecule has 0 bridgehead atoms. The molecule has 0 saturated carbocycles. The van der Waals surface area contributed by atoms with Crippen LogP contribution < -0.4 is 56.8 Å². The van der Waals surface area contributed by atoms with Crippen LogP contribution in [0.1, 0.15) is 0 Å². The molecule has 0 aliphatic carbocycles. The standard InChI is InChI=1S/C6H2BCl3F3.K/c8-4-2-1-3(7(11,12)13)5(9)6(4)10;/h1-2H;/q-1;+1. The van der Waals surface area contributed by atoms with Gasteiger partial charge in [0.2, 0.25) is 0 Å². The number of hydrogen-bond donors (Lipinski definition) is 0. The smallest absolute Gasteiger partial charge is 0.445 e. The van der Waals surface area contributed by atoms with Crippen LogP contribution in [0.25, 0.3) is 0 Å². The van der Waals surface area contributed by atoms with Crippen LogP contribution in [-0.4, -0.2) is 6.98 Å². The van der Waals surface area contributed by atoms with E-state index in [1.165, 1.54) is 0 Å². The molecule has 0 amide bonds. The third kappa shape index (κ3) is 3.56. The van der Waals surface area contributed by atoms with Gasteiger partial charge in [-0.05, 0) is 6.07 Å². The first-order valence-corrected chi connectivity index (χ1v) is 4.30. The summed E-state index contributed by atoms with van der Waals surface area (Å²) in [4.78, 5) is 0. The molecule has 0 nitrogen and oxygen atoms in total. The average Bonchev–Trinajstić information content (AvgIpc) is 1.98. The first kappa shape index (κ1) is 15.6. The number of benzene rings is 1. The molecule has 72 valence electrons. The summed E-state index contributed by atoms with van der Waals surface area (Å²) in [5.41, 5.74) is -0.920. The minimum absolute atomic E-state index is 0. The van der Waals surface area contributed by atoms with Crippen LogP contribution in [0.15, 0.2) is 12.1 Å². The van der Waals surface area contributed by atoms with Crippen LogP contribution in [-0.2, 0) is 0 Å². The van der Waals surface area contributed by atoms with Gasteiger partial charge >= 0.3 is 58.4 Å². The van der Waals surface area contributed by atoms with Crippen molar-refractivity contribution in [2.75, 3.05) is 0 Å². The van der Waals surface area contributed by atoms with Crippen molar-refractivity contribution in [3.8, 4) is 0 Å². The van der Waals surface area contributed by atoms with Gasteiger partial charge in [0.05, 0.1) is 10.0 Å². The van der Waals surface area contributed by atoms with Gasteiger partial charge in [-0.3, -0.25) is 0 Å². The minimum atomic E-state index is -5.14. The molecule has 0 aliphatic rings. The Labute approximate surface area is 137 Å². The zero-order valence-corrected chi connectivity index (χ0v) is 12.4. The van der Waals surface area contributed by atoms with E-state index in [0.29, 0.717) is 0 Å². The van der Waals surface area contributed by atoms with Gasteiger partial charge in [-0.1, -0.05) is 46.3 Å². The molecule has 0 heterocycles. The first-order valence-electron chi connectivity index (χ1n) is 3.17. The van der Waals surface area contributed by atoms with Crippen molar-refractivity contribution in [2.45, 2.75) is 0 Å². The molecule has 1 aromatic rings. The third-order valence-corrected chi connectivity index (χ3v) is 2.73. The van der Waals surface area contributed by atoms with Gasteiger partial charge in [0.15, 0.2) is 0 Å². The van der Waals surface area contributed by atoms with E-state index >= 15 is 0 Å². The van der Waals surface area contributed by atoms with Crippen LogP contribution >= 0.6 is 34.8 Å². The van der Waals surface area contributed by atoms with Gasteiger partial charge in [0, 0.05) is 5.02 Å². The molecule has 0 N–H and O–H groups in total. The quantitative estimate of drug-likeness (QED) is 0.527. The van der Waals surface area contributed by atoms with Crippen molar-refractivity contribution in [3.05, 3.63) is 27.2 Å². The Hall–Kier alpha value is 1.58. The predicted octanol–water partition coefficient (Wildman–Crippen LogP) is 0.705. The van der Waals surface area contributed by atoms with E-state index in [4.69, 9.17) is 34.8 Å². The Morgan fingerprint density at radius 2 is 1.43 bits per heavy atom. The van der Waals surface area contributed by atoms with Crippen molar-refractivity contribution >= 4 is 47.2 Å².